The number of fused-ring (bicyclic) bond motifs is 2. The maximum atomic E-state index is 4.87. The lowest BCUT2D eigenvalue weighted by molar-refractivity contribution is 0.742. The fourth-order valence-corrected chi connectivity index (χ4v) is 2.51. The number of nitrogens with zero attached hydrogens (tertiary/aromatic N) is 2. The van der Waals surface area contributed by atoms with Gasteiger partial charge in [-0.05, 0) is 25.0 Å². The maximum absolute atomic E-state index is 4.87. The number of pyridine rings is 1. The van der Waals surface area contributed by atoms with E-state index in [1.54, 1.807) is 6.20 Å². The van der Waals surface area contributed by atoms with Crippen molar-refractivity contribution in [1.29, 1.82) is 0 Å². The van der Waals surface area contributed by atoms with Gasteiger partial charge in [0, 0.05) is 17.4 Å². The number of hydrogen-bond donors (Lipinski definition) is 1. The highest BCUT2D eigenvalue weighted by atomic mass is 15.0. The van der Waals surface area contributed by atoms with Crippen LogP contribution in [-0.4, -0.2) is 10.7 Å². The predicted octanol–water partition coefficient (Wildman–Crippen LogP) is 4.84. The molecule has 0 fully saturated rings. The van der Waals surface area contributed by atoms with Crippen molar-refractivity contribution in [2.45, 2.75) is 32.6 Å². The Morgan fingerprint density at radius 2 is 1.95 bits per heavy atom. The average Bonchev–Trinajstić information content (AvgIpc) is 2.64. The Morgan fingerprint density at radius 1 is 1.05 bits per heavy atom. The fourth-order valence-electron chi connectivity index (χ4n) is 2.51. The van der Waals surface area contributed by atoms with Crippen molar-refractivity contribution < 1.29 is 0 Å². The first kappa shape index (κ1) is 12.9. The summed E-state index contributed by atoms with van der Waals surface area (Å²) in [6, 6.07) is 10.3. The van der Waals surface area contributed by atoms with Gasteiger partial charge in [0.15, 0.2) is 0 Å². The number of anilines is 2. The zero-order valence-corrected chi connectivity index (χ0v) is 11.8. The third-order valence-corrected chi connectivity index (χ3v) is 3.58. The van der Waals surface area contributed by atoms with Gasteiger partial charge in [0.1, 0.15) is 0 Å². The predicted molar refractivity (Wildman–Crippen MR) is 84.3 cm³/mol. The lowest BCUT2D eigenvalue weighted by atomic mass is 10.0. The summed E-state index contributed by atoms with van der Waals surface area (Å²) in [5.74, 6) is 0. The number of rotatable bonds is 4. The zero-order chi connectivity index (χ0) is 13.8. The molecule has 0 radical (unpaired) electrons. The number of benzene rings is 1. The van der Waals surface area contributed by atoms with Crippen molar-refractivity contribution in [1.82, 2.24) is 4.98 Å². The molecule has 3 heteroatoms. The molecule has 0 saturated heterocycles. The van der Waals surface area contributed by atoms with Crippen LogP contribution in [0.4, 0.5) is 17.1 Å². The molecule has 1 aliphatic rings. The van der Waals surface area contributed by atoms with Crippen LogP contribution in [0.5, 0.6) is 0 Å². The van der Waals surface area contributed by atoms with Crippen LogP contribution >= 0.6 is 0 Å². The molecule has 20 heavy (non-hydrogen) atoms. The van der Waals surface area contributed by atoms with Crippen molar-refractivity contribution in [2.75, 3.05) is 5.32 Å². The average molecular weight is 265 g/mol. The molecule has 0 spiro atoms. The van der Waals surface area contributed by atoms with Crippen LogP contribution in [0, 0.1) is 0 Å². The minimum absolute atomic E-state index is 0.975. The van der Waals surface area contributed by atoms with Crippen molar-refractivity contribution >= 4 is 22.8 Å². The Morgan fingerprint density at radius 3 is 2.85 bits per heavy atom. The largest absolute Gasteiger partial charge is 0.352 e. The van der Waals surface area contributed by atoms with Crippen molar-refractivity contribution in [3.63, 3.8) is 0 Å². The molecule has 0 unspecified atom stereocenters. The van der Waals surface area contributed by atoms with E-state index < -0.39 is 0 Å². The number of para-hydroxylation sites is 1. The van der Waals surface area contributed by atoms with Gasteiger partial charge >= 0.3 is 0 Å². The van der Waals surface area contributed by atoms with Gasteiger partial charge in [0.2, 0.25) is 0 Å². The first-order valence-corrected chi connectivity index (χ1v) is 7.26. The quantitative estimate of drug-likeness (QED) is 0.803. The highest BCUT2D eigenvalue weighted by Gasteiger charge is 2.15. The van der Waals surface area contributed by atoms with Crippen molar-refractivity contribution in [2.24, 2.45) is 4.99 Å². The molecular formula is C17H19N3. The Labute approximate surface area is 119 Å². The Hall–Kier alpha value is -2.16. The van der Waals surface area contributed by atoms with E-state index in [9.17, 15) is 0 Å². The van der Waals surface area contributed by atoms with Crippen LogP contribution in [-0.2, 0) is 0 Å². The summed E-state index contributed by atoms with van der Waals surface area (Å²) in [6.07, 6.45) is 8.32. The second-order valence-electron chi connectivity index (χ2n) is 5.08. The third-order valence-electron chi connectivity index (χ3n) is 3.58. The summed E-state index contributed by atoms with van der Waals surface area (Å²) in [5.41, 5.74) is 5.45. The van der Waals surface area contributed by atoms with Gasteiger partial charge in [-0.15, -0.1) is 0 Å². The Balaban J connectivity index is 2.02. The number of aliphatic imine (C=N–C) groups is 1. The summed E-state index contributed by atoms with van der Waals surface area (Å²) in [7, 11) is 0. The normalized spacial score (nSPS) is 12.8. The van der Waals surface area contributed by atoms with Crippen molar-refractivity contribution in [3.05, 3.63) is 48.3 Å². The van der Waals surface area contributed by atoms with E-state index in [2.05, 4.69) is 41.5 Å². The minimum Gasteiger partial charge on any atom is -0.352 e. The third kappa shape index (κ3) is 2.57. The molecule has 102 valence electrons. The standard InChI is InChI=1S/C17H19N3/c1-2-3-4-8-14-13-7-5-6-9-15(13)20-17-12-18-11-10-16(17)19-14/h5-7,9-12,20H,2-4,8H2,1H3. The number of unbranched alkanes of at least 4 members (excludes halogenated alkanes) is 2. The molecule has 2 aromatic rings. The van der Waals surface area contributed by atoms with Gasteiger partial charge in [-0.25, -0.2) is 0 Å². The second-order valence-corrected chi connectivity index (χ2v) is 5.08. The van der Waals surface area contributed by atoms with Crippen molar-refractivity contribution in [3.8, 4) is 0 Å². The van der Waals surface area contributed by atoms with E-state index >= 15 is 0 Å². The van der Waals surface area contributed by atoms with E-state index in [-0.39, 0.29) is 0 Å². The molecule has 2 heterocycles. The molecule has 3 nitrogen and oxygen atoms in total. The summed E-state index contributed by atoms with van der Waals surface area (Å²) in [4.78, 5) is 9.05. The molecular weight excluding hydrogens is 246 g/mol. The monoisotopic (exact) mass is 265 g/mol. The van der Waals surface area contributed by atoms with Gasteiger partial charge in [-0.1, -0.05) is 38.0 Å². The second kappa shape index (κ2) is 5.87. The van der Waals surface area contributed by atoms with Crippen LogP contribution in [0.2, 0.25) is 0 Å². The molecule has 0 bridgehead atoms. The molecule has 1 aromatic heterocycles. The number of nitrogens with one attached hydrogen (secondary N) is 1. The lowest BCUT2D eigenvalue weighted by Crippen LogP contribution is -2.02. The highest BCUT2D eigenvalue weighted by Crippen LogP contribution is 2.34. The minimum atomic E-state index is 0.975. The maximum Gasteiger partial charge on any atom is 0.0899 e. The summed E-state index contributed by atoms with van der Waals surface area (Å²) in [6.45, 7) is 2.23. The van der Waals surface area contributed by atoms with Gasteiger partial charge in [0.25, 0.3) is 0 Å². The highest BCUT2D eigenvalue weighted by molar-refractivity contribution is 6.08. The molecule has 0 atom stereocenters. The molecule has 1 aromatic carbocycles. The first-order chi connectivity index (χ1) is 9.88. The van der Waals surface area contributed by atoms with Gasteiger partial charge in [-0.3, -0.25) is 9.98 Å². The number of aromatic nitrogens is 1. The van der Waals surface area contributed by atoms with E-state index in [1.807, 2.05) is 12.3 Å². The van der Waals surface area contributed by atoms with Crippen LogP contribution in [0.15, 0.2) is 47.7 Å². The Bertz CT molecular complexity index is 632. The summed E-state index contributed by atoms with van der Waals surface area (Å²) < 4.78 is 0. The molecule has 0 aliphatic carbocycles. The summed E-state index contributed by atoms with van der Waals surface area (Å²) >= 11 is 0. The molecule has 0 amide bonds. The topological polar surface area (TPSA) is 37.3 Å². The summed E-state index contributed by atoms with van der Waals surface area (Å²) in [5, 5.41) is 3.45. The van der Waals surface area contributed by atoms with Gasteiger partial charge < -0.3 is 5.32 Å². The Kier molecular flexibility index (Phi) is 3.77. The SMILES string of the molecule is CCCCCC1=Nc2ccncc2Nc2ccccc21. The van der Waals surface area contributed by atoms with Crippen LogP contribution < -0.4 is 5.32 Å². The van der Waals surface area contributed by atoms with E-state index in [0.29, 0.717) is 0 Å². The van der Waals surface area contributed by atoms with E-state index in [4.69, 9.17) is 4.99 Å². The van der Waals surface area contributed by atoms with Gasteiger partial charge in [0.05, 0.1) is 23.3 Å². The number of hydrogen-bond acceptors (Lipinski definition) is 3. The first-order valence-electron chi connectivity index (χ1n) is 7.26. The lowest BCUT2D eigenvalue weighted by Gasteiger charge is -2.09. The van der Waals surface area contributed by atoms with Crippen LogP contribution in [0.3, 0.4) is 0 Å². The van der Waals surface area contributed by atoms with Gasteiger partial charge in [-0.2, -0.15) is 0 Å². The van der Waals surface area contributed by atoms with Crippen LogP contribution in [0.1, 0.15) is 38.2 Å². The smallest absolute Gasteiger partial charge is 0.0899 e. The molecule has 1 N–H and O–H groups in total. The molecule has 3 rings (SSSR count). The molecule has 0 saturated carbocycles. The van der Waals surface area contributed by atoms with E-state index in [0.717, 1.165) is 23.5 Å². The van der Waals surface area contributed by atoms with Crippen LogP contribution in [0.25, 0.3) is 0 Å². The zero-order valence-electron chi connectivity index (χ0n) is 11.8. The molecule has 1 aliphatic heterocycles. The fraction of sp³-hybridized carbons (Fsp3) is 0.294. The van der Waals surface area contributed by atoms with E-state index in [1.165, 1.54) is 30.5 Å².